The standard InChI is InChI=1S/C26H17Cl3N2O4/c1-33-26(32)20(15-3-2-4-17(27)9-15)12-19-13-22(16-5-8-24-25(10-16)35-14-34-24)31(30-19)23-11-18(28)6-7-21(23)29/h2-13H,14H2,1H3. The lowest BCUT2D eigenvalue weighted by atomic mass is 10.0. The topological polar surface area (TPSA) is 62.6 Å². The van der Waals surface area contributed by atoms with Gasteiger partial charge in [-0.3, -0.25) is 0 Å². The van der Waals surface area contributed by atoms with Crippen LogP contribution in [0.3, 0.4) is 0 Å². The number of carbonyl (C=O) groups is 1. The highest BCUT2D eigenvalue weighted by atomic mass is 35.5. The van der Waals surface area contributed by atoms with Crippen LogP contribution in [0.4, 0.5) is 0 Å². The molecule has 6 nitrogen and oxygen atoms in total. The van der Waals surface area contributed by atoms with E-state index in [-0.39, 0.29) is 6.79 Å². The number of carbonyl (C=O) groups excluding carboxylic acids is 1. The zero-order chi connectivity index (χ0) is 24.5. The van der Waals surface area contributed by atoms with Crippen molar-refractivity contribution in [2.45, 2.75) is 0 Å². The predicted octanol–water partition coefficient (Wildman–Crippen LogP) is 6.94. The molecular weight excluding hydrogens is 511 g/mol. The number of hydrogen-bond donors (Lipinski definition) is 0. The van der Waals surface area contributed by atoms with Gasteiger partial charge in [-0.05, 0) is 66.2 Å². The fourth-order valence-corrected chi connectivity index (χ4v) is 4.29. The summed E-state index contributed by atoms with van der Waals surface area (Å²) in [5.41, 5.74) is 3.48. The Balaban J connectivity index is 1.70. The summed E-state index contributed by atoms with van der Waals surface area (Å²) in [5, 5.41) is 6.20. The molecule has 0 spiro atoms. The number of hydrogen-bond acceptors (Lipinski definition) is 5. The molecule has 0 atom stereocenters. The first kappa shape index (κ1) is 23.3. The van der Waals surface area contributed by atoms with Gasteiger partial charge in [0, 0.05) is 15.6 Å². The Morgan fingerprint density at radius 2 is 1.77 bits per heavy atom. The van der Waals surface area contributed by atoms with Gasteiger partial charge >= 0.3 is 5.97 Å². The minimum absolute atomic E-state index is 0.161. The highest BCUT2D eigenvalue weighted by molar-refractivity contribution is 6.34. The number of nitrogens with zero attached hydrogens (tertiary/aromatic N) is 2. The number of fused-ring (bicyclic) bond motifs is 1. The van der Waals surface area contributed by atoms with E-state index in [4.69, 9.17) is 54.1 Å². The van der Waals surface area contributed by atoms with Crippen LogP contribution in [0.2, 0.25) is 15.1 Å². The zero-order valence-corrected chi connectivity index (χ0v) is 20.6. The molecule has 0 unspecified atom stereocenters. The van der Waals surface area contributed by atoms with E-state index < -0.39 is 5.97 Å². The smallest absolute Gasteiger partial charge is 0.338 e. The number of rotatable bonds is 5. The van der Waals surface area contributed by atoms with Crippen molar-refractivity contribution in [3.8, 4) is 28.4 Å². The normalized spacial score (nSPS) is 12.6. The van der Waals surface area contributed by atoms with E-state index in [0.29, 0.717) is 54.8 Å². The SMILES string of the molecule is COC(=O)C(=Cc1cc(-c2ccc3c(c2)OCO3)n(-c2cc(Cl)ccc2Cl)n1)c1cccc(Cl)c1. The molecule has 5 rings (SSSR count). The molecule has 1 aromatic heterocycles. The molecule has 0 bridgehead atoms. The van der Waals surface area contributed by atoms with Crippen molar-refractivity contribution in [3.63, 3.8) is 0 Å². The average molecular weight is 528 g/mol. The second-order valence-electron chi connectivity index (χ2n) is 7.59. The van der Waals surface area contributed by atoms with Gasteiger partial charge in [0.05, 0.1) is 34.8 Å². The summed E-state index contributed by atoms with van der Waals surface area (Å²) in [5.74, 6) is 0.764. The quantitative estimate of drug-likeness (QED) is 0.208. The van der Waals surface area contributed by atoms with Gasteiger partial charge in [-0.1, -0.05) is 46.9 Å². The first-order valence-electron chi connectivity index (χ1n) is 10.4. The molecule has 9 heteroatoms. The molecule has 0 N–H and O–H groups in total. The monoisotopic (exact) mass is 526 g/mol. The summed E-state index contributed by atoms with van der Waals surface area (Å²) in [7, 11) is 1.32. The van der Waals surface area contributed by atoms with Gasteiger partial charge < -0.3 is 14.2 Å². The minimum Gasteiger partial charge on any atom is -0.465 e. The van der Waals surface area contributed by atoms with Crippen LogP contribution in [0.1, 0.15) is 11.3 Å². The lowest BCUT2D eigenvalue weighted by molar-refractivity contribution is -0.133. The number of benzene rings is 3. The van der Waals surface area contributed by atoms with Gasteiger partial charge in [0.15, 0.2) is 11.5 Å². The van der Waals surface area contributed by atoms with Crippen molar-refractivity contribution >= 4 is 52.4 Å². The molecule has 4 aromatic rings. The Hall–Kier alpha value is -3.45. The van der Waals surface area contributed by atoms with Crippen LogP contribution in [0.5, 0.6) is 11.5 Å². The van der Waals surface area contributed by atoms with Gasteiger partial charge in [-0.2, -0.15) is 5.10 Å². The van der Waals surface area contributed by atoms with Crippen molar-refractivity contribution in [1.82, 2.24) is 9.78 Å². The molecule has 1 aliphatic heterocycles. The Bertz CT molecular complexity index is 1480. The maximum Gasteiger partial charge on any atom is 0.338 e. The average Bonchev–Trinajstić information content (AvgIpc) is 3.50. The van der Waals surface area contributed by atoms with E-state index in [1.165, 1.54) is 7.11 Å². The summed E-state index contributed by atoms with van der Waals surface area (Å²) < 4.78 is 17.7. The van der Waals surface area contributed by atoms with E-state index in [1.54, 1.807) is 53.2 Å². The second-order valence-corrected chi connectivity index (χ2v) is 8.87. The molecule has 2 heterocycles. The number of methoxy groups -OCH3 is 1. The van der Waals surface area contributed by atoms with Crippen molar-refractivity contribution in [2.24, 2.45) is 0 Å². The van der Waals surface area contributed by atoms with E-state index in [1.807, 2.05) is 24.3 Å². The maximum absolute atomic E-state index is 12.6. The van der Waals surface area contributed by atoms with Crippen molar-refractivity contribution in [1.29, 1.82) is 0 Å². The fourth-order valence-electron chi connectivity index (χ4n) is 3.74. The van der Waals surface area contributed by atoms with Gasteiger partial charge in [0.25, 0.3) is 0 Å². The van der Waals surface area contributed by atoms with Crippen LogP contribution in [0, 0.1) is 0 Å². The highest BCUT2D eigenvalue weighted by Crippen LogP contribution is 2.38. The van der Waals surface area contributed by atoms with Crippen molar-refractivity contribution < 1.29 is 19.0 Å². The number of ether oxygens (including phenoxy) is 3. The molecule has 35 heavy (non-hydrogen) atoms. The number of aromatic nitrogens is 2. The second kappa shape index (κ2) is 9.66. The third-order valence-electron chi connectivity index (χ3n) is 5.37. The van der Waals surface area contributed by atoms with Crippen LogP contribution < -0.4 is 9.47 Å². The molecule has 1 aliphatic rings. The maximum atomic E-state index is 12.6. The molecule has 0 amide bonds. The Kier molecular flexibility index (Phi) is 6.43. The lowest BCUT2D eigenvalue weighted by Crippen LogP contribution is -2.04. The van der Waals surface area contributed by atoms with Crippen LogP contribution in [0.25, 0.3) is 28.6 Å². The third kappa shape index (κ3) is 4.73. The lowest BCUT2D eigenvalue weighted by Gasteiger charge is -2.10. The van der Waals surface area contributed by atoms with Crippen molar-refractivity contribution in [2.75, 3.05) is 13.9 Å². The van der Waals surface area contributed by atoms with Crippen LogP contribution in [-0.2, 0) is 9.53 Å². The predicted molar refractivity (Wildman–Crippen MR) is 136 cm³/mol. The summed E-state index contributed by atoms with van der Waals surface area (Å²) in [4.78, 5) is 12.6. The highest BCUT2D eigenvalue weighted by Gasteiger charge is 2.20. The Morgan fingerprint density at radius 1 is 0.971 bits per heavy atom. The first-order chi connectivity index (χ1) is 16.9. The largest absolute Gasteiger partial charge is 0.465 e. The summed E-state index contributed by atoms with van der Waals surface area (Å²) >= 11 is 18.9. The van der Waals surface area contributed by atoms with Gasteiger partial charge in [0.1, 0.15) is 0 Å². The summed E-state index contributed by atoms with van der Waals surface area (Å²) in [6, 6.07) is 19.5. The Labute approximate surface area is 216 Å². The number of halogens is 3. The van der Waals surface area contributed by atoms with Gasteiger partial charge in [0.2, 0.25) is 6.79 Å². The number of esters is 1. The van der Waals surface area contributed by atoms with Crippen LogP contribution in [-0.4, -0.2) is 29.7 Å². The molecule has 0 saturated carbocycles. The fraction of sp³-hybridized carbons (Fsp3) is 0.0769. The molecule has 0 saturated heterocycles. The Morgan fingerprint density at radius 3 is 2.57 bits per heavy atom. The molecule has 176 valence electrons. The van der Waals surface area contributed by atoms with Crippen LogP contribution in [0.15, 0.2) is 66.7 Å². The molecule has 0 radical (unpaired) electrons. The van der Waals surface area contributed by atoms with Crippen molar-refractivity contribution in [3.05, 3.63) is 93.1 Å². The molecule has 0 fully saturated rings. The molecule has 3 aromatic carbocycles. The van der Waals surface area contributed by atoms with E-state index in [0.717, 1.165) is 5.56 Å². The van der Waals surface area contributed by atoms with E-state index in [9.17, 15) is 4.79 Å². The summed E-state index contributed by atoms with van der Waals surface area (Å²) in [6.07, 6.45) is 1.64. The zero-order valence-electron chi connectivity index (χ0n) is 18.3. The summed E-state index contributed by atoms with van der Waals surface area (Å²) in [6.45, 7) is 0.161. The van der Waals surface area contributed by atoms with E-state index in [2.05, 4.69) is 0 Å². The van der Waals surface area contributed by atoms with Gasteiger partial charge in [-0.15, -0.1) is 0 Å². The minimum atomic E-state index is -0.521. The molecule has 0 aliphatic carbocycles. The van der Waals surface area contributed by atoms with E-state index >= 15 is 0 Å². The van der Waals surface area contributed by atoms with Crippen LogP contribution >= 0.6 is 34.8 Å². The third-order valence-corrected chi connectivity index (χ3v) is 6.16. The first-order valence-corrected chi connectivity index (χ1v) is 11.6. The molecular formula is C26H17Cl3N2O4. The van der Waals surface area contributed by atoms with Gasteiger partial charge in [-0.25, -0.2) is 9.48 Å².